The minimum absolute atomic E-state index is 0.0430. The van der Waals surface area contributed by atoms with Gasteiger partial charge in [-0.1, -0.05) is 19.6 Å². The highest BCUT2D eigenvalue weighted by Gasteiger charge is 2.41. The third kappa shape index (κ3) is 6.93. The molecule has 0 unspecified atom stereocenters. The molecule has 1 amide bonds. The van der Waals surface area contributed by atoms with Crippen LogP contribution in [0.25, 0.3) is 28.0 Å². The van der Waals surface area contributed by atoms with Gasteiger partial charge in [0.05, 0.1) is 31.5 Å². The van der Waals surface area contributed by atoms with E-state index in [1.807, 2.05) is 11.8 Å². The maximum absolute atomic E-state index is 14.8. The summed E-state index contributed by atoms with van der Waals surface area (Å²) in [7, 11) is -1.25. The Morgan fingerprint density at radius 2 is 1.90 bits per heavy atom. The first-order valence-electron chi connectivity index (χ1n) is 16.2. The molecule has 0 radical (unpaired) electrons. The molecule has 6 rings (SSSR count). The minimum atomic E-state index is -4.75. The molecule has 6 heterocycles. The number of aromatic nitrogens is 7. The van der Waals surface area contributed by atoms with Crippen molar-refractivity contribution in [2.45, 2.75) is 77.4 Å². The summed E-state index contributed by atoms with van der Waals surface area (Å²) in [5.41, 5.74) is -0.0217. The van der Waals surface area contributed by atoms with E-state index in [0.717, 1.165) is 6.04 Å². The fourth-order valence-corrected chi connectivity index (χ4v) is 7.10. The number of carbonyl (C=O) groups is 1. The van der Waals surface area contributed by atoms with Crippen molar-refractivity contribution in [3.63, 3.8) is 0 Å². The Balaban J connectivity index is 1.44. The lowest BCUT2D eigenvalue weighted by Crippen LogP contribution is -2.44. The molecule has 2 saturated heterocycles. The van der Waals surface area contributed by atoms with E-state index in [-0.39, 0.29) is 37.5 Å². The number of halogens is 3. The average Bonchev–Trinajstić information content (AvgIpc) is 3.75. The highest BCUT2D eigenvalue weighted by Crippen LogP contribution is 2.43. The molecule has 0 aromatic carbocycles. The Labute approximate surface area is 277 Å². The fourth-order valence-electron chi connectivity index (χ4n) is 6.35. The number of morpholine rings is 1. The molecule has 13 nitrogen and oxygen atoms in total. The van der Waals surface area contributed by atoms with Crippen LogP contribution in [0.2, 0.25) is 25.7 Å². The van der Waals surface area contributed by atoms with Gasteiger partial charge in [0.25, 0.3) is 0 Å². The molecule has 0 spiro atoms. The quantitative estimate of drug-likeness (QED) is 0.175. The lowest BCUT2D eigenvalue weighted by atomic mass is 9.99. The summed E-state index contributed by atoms with van der Waals surface area (Å²) in [6.45, 7) is 13.2. The number of hydrogen-bond donors (Lipinski definition) is 1. The van der Waals surface area contributed by atoms with Crippen molar-refractivity contribution in [1.29, 1.82) is 0 Å². The SMILES string of the molecule is Cc1c(-c2cc(N3CCOC[C@H]3C)nc3c2cnn3-c2ccn(COCC[Si](C)(C)C)n2)c(C(F)(F)F)nn1C1CCN(C(=O)O)CC1. The van der Waals surface area contributed by atoms with Crippen molar-refractivity contribution in [3.8, 4) is 16.9 Å². The van der Waals surface area contributed by atoms with Crippen LogP contribution >= 0.6 is 0 Å². The monoisotopic (exact) mass is 689 g/mol. The van der Waals surface area contributed by atoms with Crippen LogP contribution in [0.4, 0.5) is 23.8 Å². The van der Waals surface area contributed by atoms with Gasteiger partial charge in [0.2, 0.25) is 0 Å². The van der Waals surface area contributed by atoms with Crippen molar-refractivity contribution in [1.82, 2.24) is 39.2 Å². The van der Waals surface area contributed by atoms with Crippen LogP contribution in [0, 0.1) is 6.92 Å². The molecule has 48 heavy (non-hydrogen) atoms. The summed E-state index contributed by atoms with van der Waals surface area (Å²) < 4.78 is 60.5. The highest BCUT2D eigenvalue weighted by atomic mass is 28.3. The first kappa shape index (κ1) is 33.9. The second kappa shape index (κ2) is 13.2. The van der Waals surface area contributed by atoms with Gasteiger partial charge in [0, 0.05) is 68.8 Å². The Hall–Kier alpha value is -3.96. The average molecular weight is 690 g/mol. The topological polar surface area (TPSA) is 129 Å². The zero-order chi connectivity index (χ0) is 34.4. The van der Waals surface area contributed by atoms with Crippen molar-refractivity contribution in [3.05, 3.63) is 35.9 Å². The maximum atomic E-state index is 14.8. The second-order valence-electron chi connectivity index (χ2n) is 13.8. The van der Waals surface area contributed by atoms with Gasteiger partial charge in [-0.05, 0) is 38.8 Å². The molecule has 2 aliphatic rings. The van der Waals surface area contributed by atoms with Crippen molar-refractivity contribution in [2.24, 2.45) is 0 Å². The molecule has 2 fully saturated rings. The van der Waals surface area contributed by atoms with E-state index < -0.39 is 26.0 Å². The molecule has 1 N–H and O–H groups in total. The molecule has 4 aromatic rings. The van der Waals surface area contributed by atoms with E-state index in [0.29, 0.717) is 73.1 Å². The molecule has 17 heteroatoms. The van der Waals surface area contributed by atoms with Gasteiger partial charge in [-0.3, -0.25) is 4.68 Å². The molecular formula is C31H42F3N9O4Si. The van der Waals surface area contributed by atoms with E-state index in [4.69, 9.17) is 14.5 Å². The third-order valence-corrected chi connectivity index (χ3v) is 10.7. The number of pyridine rings is 1. The summed E-state index contributed by atoms with van der Waals surface area (Å²) >= 11 is 0. The minimum Gasteiger partial charge on any atom is -0.465 e. The van der Waals surface area contributed by atoms with E-state index >= 15 is 0 Å². The number of piperidine rings is 1. The summed E-state index contributed by atoms with van der Waals surface area (Å²) in [6, 6.07) is 4.04. The number of hydrogen-bond acceptors (Lipinski definition) is 8. The van der Waals surface area contributed by atoms with Crippen LogP contribution in [-0.2, 0) is 22.4 Å². The van der Waals surface area contributed by atoms with Crippen molar-refractivity contribution >= 4 is 31.0 Å². The number of fused-ring (bicyclic) bond motifs is 1. The number of carboxylic acid groups (broad SMARTS) is 1. The number of likely N-dealkylation sites (tertiary alicyclic amines) is 1. The van der Waals surface area contributed by atoms with Crippen molar-refractivity contribution in [2.75, 3.05) is 44.4 Å². The van der Waals surface area contributed by atoms with Crippen LogP contribution in [0.1, 0.15) is 37.2 Å². The lowest BCUT2D eigenvalue weighted by molar-refractivity contribution is -0.141. The van der Waals surface area contributed by atoms with Crippen LogP contribution < -0.4 is 4.90 Å². The van der Waals surface area contributed by atoms with E-state index in [2.05, 4.69) is 34.9 Å². The van der Waals surface area contributed by atoms with Crippen LogP contribution in [0.3, 0.4) is 0 Å². The maximum Gasteiger partial charge on any atom is 0.435 e. The van der Waals surface area contributed by atoms with Gasteiger partial charge in [-0.2, -0.15) is 33.1 Å². The highest BCUT2D eigenvalue weighted by molar-refractivity contribution is 6.76. The summed E-state index contributed by atoms with van der Waals surface area (Å²) in [5, 5.41) is 23.2. The summed E-state index contributed by atoms with van der Waals surface area (Å²) in [4.78, 5) is 19.7. The van der Waals surface area contributed by atoms with E-state index in [9.17, 15) is 23.1 Å². The van der Waals surface area contributed by atoms with Gasteiger partial charge in [-0.15, -0.1) is 0 Å². The van der Waals surface area contributed by atoms with Crippen molar-refractivity contribution < 1.29 is 32.5 Å². The number of amides is 1. The molecule has 4 aromatic heterocycles. The van der Waals surface area contributed by atoms with E-state index in [1.54, 1.807) is 34.6 Å². The predicted molar refractivity (Wildman–Crippen MR) is 175 cm³/mol. The Bertz CT molecular complexity index is 1770. The molecular weight excluding hydrogens is 647 g/mol. The second-order valence-corrected chi connectivity index (χ2v) is 19.4. The molecule has 0 aliphatic carbocycles. The number of anilines is 1. The number of ether oxygens (including phenoxy) is 2. The van der Waals surface area contributed by atoms with Gasteiger partial charge >= 0.3 is 12.3 Å². The van der Waals surface area contributed by atoms with Gasteiger partial charge in [-0.25, -0.2) is 14.5 Å². The fraction of sp³-hybridized carbons (Fsp3) is 0.581. The van der Waals surface area contributed by atoms with Gasteiger partial charge in [0.1, 0.15) is 12.5 Å². The molecule has 0 saturated carbocycles. The van der Waals surface area contributed by atoms with Crippen LogP contribution in [-0.4, -0.2) is 104 Å². The first-order valence-corrected chi connectivity index (χ1v) is 19.9. The summed E-state index contributed by atoms with van der Waals surface area (Å²) in [6.07, 6.45) is -1.78. The molecule has 2 aliphatic heterocycles. The van der Waals surface area contributed by atoms with Gasteiger partial charge < -0.3 is 24.4 Å². The molecule has 0 bridgehead atoms. The smallest absolute Gasteiger partial charge is 0.435 e. The first-order chi connectivity index (χ1) is 22.7. The largest absolute Gasteiger partial charge is 0.465 e. The Morgan fingerprint density at radius 1 is 1.15 bits per heavy atom. The van der Waals surface area contributed by atoms with Crippen LogP contribution in [0.5, 0.6) is 0 Å². The number of alkyl halides is 3. The Morgan fingerprint density at radius 3 is 2.56 bits per heavy atom. The number of rotatable bonds is 9. The van der Waals surface area contributed by atoms with Gasteiger partial charge in [0.15, 0.2) is 17.2 Å². The van der Waals surface area contributed by atoms with Crippen LogP contribution in [0.15, 0.2) is 24.5 Å². The normalized spacial score (nSPS) is 18.3. The predicted octanol–water partition coefficient (Wildman–Crippen LogP) is 5.66. The summed E-state index contributed by atoms with van der Waals surface area (Å²) in [5.74, 6) is 0.956. The third-order valence-electron chi connectivity index (χ3n) is 9.02. The lowest BCUT2D eigenvalue weighted by Gasteiger charge is -2.34. The number of nitrogens with zero attached hydrogens (tertiary/aromatic N) is 9. The zero-order valence-electron chi connectivity index (χ0n) is 27.9. The molecule has 260 valence electrons. The zero-order valence-corrected chi connectivity index (χ0v) is 28.9. The Kier molecular flexibility index (Phi) is 9.30. The standard InChI is InChI=1S/C31H42F3N9O4Si/c1-20-18-46-13-12-41(20)26-16-23(27-21(2)42(38-28(27)31(32,33)34)22-6-9-39(10-7-22)30(44)45)24-17-35-43(29(24)36-26)25-8-11-40(37-25)19-47-14-15-48(3,4)5/h8,11,16-17,20,22H,6-7,9-10,12-15,18-19H2,1-5H3,(H,44,45)/t20-/m1/s1. The van der Waals surface area contributed by atoms with E-state index in [1.165, 1.54) is 15.8 Å². The molecule has 1 atom stereocenters.